The molecule has 1 fully saturated rings. The molecule has 82 valence electrons. The molecule has 0 saturated heterocycles. The molecule has 0 radical (unpaired) electrons. The summed E-state index contributed by atoms with van der Waals surface area (Å²) in [5, 5.41) is 10.7. The number of hydrogen-bond donors (Lipinski definition) is 1. The number of nitrogens with zero attached hydrogens (tertiary/aromatic N) is 3. The van der Waals surface area contributed by atoms with Gasteiger partial charge in [-0.2, -0.15) is 0 Å². The van der Waals surface area contributed by atoms with Gasteiger partial charge in [0.1, 0.15) is 11.6 Å². The maximum Gasteiger partial charge on any atom is 0.235 e. The lowest BCUT2D eigenvalue weighted by atomic mass is 9.93. The molecule has 1 saturated carbocycles. The van der Waals surface area contributed by atoms with Crippen molar-refractivity contribution in [1.82, 2.24) is 20.3 Å². The van der Waals surface area contributed by atoms with Crippen LogP contribution in [0.2, 0.25) is 0 Å². The highest BCUT2D eigenvalue weighted by atomic mass is 35.5. The molecule has 0 unspecified atom stereocenters. The Morgan fingerprint density at radius 3 is 3.07 bits per heavy atom. The Morgan fingerprint density at radius 1 is 1.67 bits per heavy atom. The average Bonchev–Trinajstić information content (AvgIpc) is 2.60. The van der Waals surface area contributed by atoms with Crippen LogP contribution in [0.5, 0.6) is 0 Å². The molecule has 1 N–H and O–H groups in total. The minimum Gasteiger partial charge on any atom is -0.349 e. The van der Waals surface area contributed by atoms with E-state index in [2.05, 4.69) is 15.6 Å². The highest BCUT2D eigenvalue weighted by Crippen LogP contribution is 2.30. The van der Waals surface area contributed by atoms with Crippen LogP contribution in [0.3, 0.4) is 0 Å². The number of hydrogen-bond acceptors (Lipinski definition) is 3. The number of carbonyl (C=O) groups is 1. The third kappa shape index (κ3) is 2.47. The molecular formula is C9H13ClN4O. The van der Waals surface area contributed by atoms with E-state index in [1.807, 2.05) is 10.9 Å². The Morgan fingerprint density at radius 2 is 2.47 bits per heavy atom. The van der Waals surface area contributed by atoms with Crippen LogP contribution in [0, 0.1) is 0 Å². The van der Waals surface area contributed by atoms with E-state index in [0.717, 1.165) is 5.69 Å². The maximum atomic E-state index is 10.9. The zero-order valence-corrected chi connectivity index (χ0v) is 9.07. The van der Waals surface area contributed by atoms with E-state index < -0.39 is 0 Å². The Labute approximate surface area is 92.8 Å². The zero-order valence-electron chi connectivity index (χ0n) is 8.32. The van der Waals surface area contributed by atoms with Crippen molar-refractivity contribution in [3.63, 3.8) is 0 Å². The summed E-state index contributed by atoms with van der Waals surface area (Å²) in [6, 6.07) is 0.509. The molecule has 0 aliphatic heterocycles. The van der Waals surface area contributed by atoms with Crippen LogP contribution >= 0.6 is 11.6 Å². The minimum atomic E-state index is -0.185. The molecule has 0 aromatic carbocycles. The summed E-state index contributed by atoms with van der Waals surface area (Å²) in [4.78, 5) is 10.9. The molecule has 1 aliphatic rings. The van der Waals surface area contributed by atoms with E-state index in [9.17, 15) is 4.79 Å². The maximum absolute atomic E-state index is 10.9. The van der Waals surface area contributed by atoms with E-state index in [-0.39, 0.29) is 11.8 Å². The van der Waals surface area contributed by atoms with Crippen molar-refractivity contribution in [3.05, 3.63) is 11.9 Å². The molecule has 1 aliphatic carbocycles. The standard InChI is InChI=1S/C9H13ClN4O/c10-4-9(15)11-5-7-6-14(13-12-7)8-2-1-3-8/h6,8H,1-5H2,(H,11,15). The van der Waals surface area contributed by atoms with Gasteiger partial charge in [0.15, 0.2) is 0 Å². The Bertz CT molecular complexity index is 348. The summed E-state index contributed by atoms with van der Waals surface area (Å²) in [7, 11) is 0. The van der Waals surface area contributed by atoms with E-state index in [0.29, 0.717) is 12.6 Å². The normalized spacial score (nSPS) is 16.1. The molecule has 1 heterocycles. The predicted molar refractivity (Wildman–Crippen MR) is 55.5 cm³/mol. The second-order valence-corrected chi connectivity index (χ2v) is 3.95. The fraction of sp³-hybridized carbons (Fsp3) is 0.667. The monoisotopic (exact) mass is 228 g/mol. The molecular weight excluding hydrogens is 216 g/mol. The quantitative estimate of drug-likeness (QED) is 0.778. The lowest BCUT2D eigenvalue weighted by Gasteiger charge is -2.24. The van der Waals surface area contributed by atoms with Crippen LogP contribution in [-0.4, -0.2) is 26.8 Å². The van der Waals surface area contributed by atoms with Crippen molar-refractivity contribution in [2.24, 2.45) is 0 Å². The first-order valence-corrected chi connectivity index (χ1v) is 5.56. The zero-order chi connectivity index (χ0) is 10.7. The first-order chi connectivity index (χ1) is 7.29. The molecule has 1 aromatic heterocycles. The van der Waals surface area contributed by atoms with Crippen LogP contribution < -0.4 is 5.32 Å². The largest absolute Gasteiger partial charge is 0.349 e. The number of carbonyl (C=O) groups excluding carboxylic acids is 1. The van der Waals surface area contributed by atoms with Gasteiger partial charge in [-0.1, -0.05) is 5.21 Å². The molecule has 6 heteroatoms. The van der Waals surface area contributed by atoms with Gasteiger partial charge in [-0.25, -0.2) is 4.68 Å². The SMILES string of the molecule is O=C(CCl)NCc1cn(C2CCC2)nn1. The predicted octanol–water partition coefficient (Wildman–Crippen LogP) is 0.858. The fourth-order valence-electron chi connectivity index (χ4n) is 1.46. The number of halogens is 1. The average molecular weight is 229 g/mol. The molecule has 0 atom stereocenters. The lowest BCUT2D eigenvalue weighted by Crippen LogP contribution is -2.23. The van der Waals surface area contributed by atoms with Gasteiger partial charge in [0, 0.05) is 0 Å². The minimum absolute atomic E-state index is 0.0171. The molecule has 0 bridgehead atoms. The van der Waals surface area contributed by atoms with E-state index >= 15 is 0 Å². The van der Waals surface area contributed by atoms with Crippen LogP contribution in [0.4, 0.5) is 0 Å². The van der Waals surface area contributed by atoms with Crippen LogP contribution in [0.15, 0.2) is 6.20 Å². The summed E-state index contributed by atoms with van der Waals surface area (Å²) < 4.78 is 1.88. The van der Waals surface area contributed by atoms with Gasteiger partial charge >= 0.3 is 0 Å². The Kier molecular flexibility index (Phi) is 3.20. The van der Waals surface area contributed by atoms with Crippen molar-refractivity contribution >= 4 is 17.5 Å². The highest BCUT2D eigenvalue weighted by Gasteiger charge is 2.20. The third-order valence-corrected chi connectivity index (χ3v) is 2.84. The molecule has 5 nitrogen and oxygen atoms in total. The van der Waals surface area contributed by atoms with Gasteiger partial charge in [-0.05, 0) is 19.3 Å². The van der Waals surface area contributed by atoms with Crippen molar-refractivity contribution in [3.8, 4) is 0 Å². The number of rotatable bonds is 4. The summed E-state index contributed by atoms with van der Waals surface area (Å²) in [5.74, 6) is -0.202. The van der Waals surface area contributed by atoms with E-state index in [1.165, 1.54) is 19.3 Å². The molecule has 15 heavy (non-hydrogen) atoms. The summed E-state index contributed by atoms with van der Waals surface area (Å²) >= 11 is 5.35. The van der Waals surface area contributed by atoms with Gasteiger partial charge in [0.25, 0.3) is 0 Å². The van der Waals surface area contributed by atoms with Crippen molar-refractivity contribution in [2.45, 2.75) is 31.8 Å². The molecule has 0 spiro atoms. The van der Waals surface area contributed by atoms with Gasteiger partial charge in [0.05, 0.1) is 18.8 Å². The van der Waals surface area contributed by atoms with E-state index in [4.69, 9.17) is 11.6 Å². The van der Waals surface area contributed by atoms with Gasteiger partial charge in [-0.15, -0.1) is 16.7 Å². The van der Waals surface area contributed by atoms with Crippen LogP contribution in [-0.2, 0) is 11.3 Å². The number of nitrogens with one attached hydrogen (secondary N) is 1. The topological polar surface area (TPSA) is 59.8 Å². The fourth-order valence-corrected chi connectivity index (χ4v) is 1.55. The van der Waals surface area contributed by atoms with Crippen molar-refractivity contribution in [1.29, 1.82) is 0 Å². The Balaban J connectivity index is 1.86. The summed E-state index contributed by atoms with van der Waals surface area (Å²) in [6.45, 7) is 0.401. The van der Waals surface area contributed by atoms with E-state index in [1.54, 1.807) is 0 Å². The second kappa shape index (κ2) is 4.61. The molecule has 1 aromatic rings. The molecule has 1 amide bonds. The lowest BCUT2D eigenvalue weighted by molar-refractivity contribution is -0.118. The molecule has 2 rings (SSSR count). The first-order valence-electron chi connectivity index (χ1n) is 5.03. The van der Waals surface area contributed by atoms with Gasteiger partial charge < -0.3 is 5.32 Å². The highest BCUT2D eigenvalue weighted by molar-refractivity contribution is 6.27. The van der Waals surface area contributed by atoms with Crippen LogP contribution in [0.1, 0.15) is 31.0 Å². The smallest absolute Gasteiger partial charge is 0.235 e. The van der Waals surface area contributed by atoms with Gasteiger partial charge in [0.2, 0.25) is 5.91 Å². The van der Waals surface area contributed by atoms with Crippen LogP contribution in [0.25, 0.3) is 0 Å². The summed E-state index contributed by atoms with van der Waals surface area (Å²) in [6.07, 6.45) is 5.51. The van der Waals surface area contributed by atoms with Gasteiger partial charge in [-0.3, -0.25) is 4.79 Å². The third-order valence-electron chi connectivity index (χ3n) is 2.59. The summed E-state index contributed by atoms with van der Waals surface area (Å²) in [5.41, 5.74) is 0.778. The second-order valence-electron chi connectivity index (χ2n) is 3.68. The number of amides is 1. The van der Waals surface area contributed by atoms with Crippen molar-refractivity contribution in [2.75, 3.05) is 5.88 Å². The van der Waals surface area contributed by atoms with Crippen molar-refractivity contribution < 1.29 is 4.79 Å². The number of alkyl halides is 1. The Hall–Kier alpha value is -1.10. The number of aromatic nitrogens is 3. The first kappa shape index (κ1) is 10.4.